The van der Waals surface area contributed by atoms with E-state index in [1.165, 1.54) is 0 Å². The zero-order chi connectivity index (χ0) is 14.3. The quantitative estimate of drug-likeness (QED) is 0.829. The molecule has 3 atom stereocenters. The Morgan fingerprint density at radius 2 is 2.10 bits per heavy atom. The van der Waals surface area contributed by atoms with Crippen LogP contribution in [-0.2, 0) is 4.79 Å². The highest BCUT2D eigenvalue weighted by Gasteiger charge is 2.44. The van der Waals surface area contributed by atoms with Crippen LogP contribution in [0.1, 0.15) is 13.1 Å². The lowest BCUT2D eigenvalue weighted by Gasteiger charge is -2.37. The number of halogens is 1. The van der Waals surface area contributed by atoms with Gasteiger partial charge in [0, 0.05) is 10.0 Å². The summed E-state index contributed by atoms with van der Waals surface area (Å²) in [7, 11) is 0. The average molecular weight is 337 g/mol. The number of β-lactam (4-membered cyclic amide) rings is 1. The molecule has 104 valence electrons. The third-order valence-corrected chi connectivity index (χ3v) is 3.92. The second kappa shape index (κ2) is 4.99. The first-order chi connectivity index (χ1) is 9.56. The molecule has 1 amide bonds. The van der Waals surface area contributed by atoms with Crippen LogP contribution in [0.2, 0.25) is 0 Å². The molecule has 1 aliphatic heterocycles. The van der Waals surface area contributed by atoms with Gasteiger partial charge in [-0.2, -0.15) is 0 Å². The van der Waals surface area contributed by atoms with Crippen molar-refractivity contribution < 1.29 is 9.90 Å². The van der Waals surface area contributed by atoms with Gasteiger partial charge >= 0.3 is 0 Å². The number of aliphatic hydroxyl groups is 1. The van der Waals surface area contributed by atoms with Gasteiger partial charge in [-0.05, 0) is 19.1 Å². The van der Waals surface area contributed by atoms with Crippen molar-refractivity contribution in [2.45, 2.75) is 19.2 Å². The first-order valence-electron chi connectivity index (χ1n) is 6.22. The fraction of sp³-hybridized carbons (Fsp3) is 0.308. The molecule has 0 unspecified atom stereocenters. The minimum Gasteiger partial charge on any atom is -0.392 e. The highest BCUT2D eigenvalue weighted by molar-refractivity contribution is 9.10. The normalized spacial score (nSPS) is 23.1. The lowest BCUT2D eigenvalue weighted by Crippen LogP contribution is -2.58. The van der Waals surface area contributed by atoms with Crippen molar-refractivity contribution in [2.24, 2.45) is 5.92 Å². The Kier molecular flexibility index (Phi) is 3.31. The van der Waals surface area contributed by atoms with E-state index in [0.717, 1.165) is 15.7 Å². The van der Waals surface area contributed by atoms with Crippen molar-refractivity contribution in [3.8, 4) is 11.3 Å². The second-order valence-corrected chi connectivity index (χ2v) is 5.73. The largest absolute Gasteiger partial charge is 0.392 e. The zero-order valence-electron chi connectivity index (χ0n) is 10.7. The molecule has 7 heteroatoms. The Balaban J connectivity index is 1.84. The molecule has 2 heterocycles. The number of aromatic nitrogens is 3. The lowest BCUT2D eigenvalue weighted by molar-refractivity contribution is -0.145. The van der Waals surface area contributed by atoms with Gasteiger partial charge < -0.3 is 10.4 Å². The van der Waals surface area contributed by atoms with Crippen molar-refractivity contribution in [1.82, 2.24) is 20.3 Å². The third-order valence-electron chi connectivity index (χ3n) is 3.39. The highest BCUT2D eigenvalue weighted by atomic mass is 79.9. The molecule has 1 fully saturated rings. The second-order valence-electron chi connectivity index (χ2n) is 4.81. The van der Waals surface area contributed by atoms with E-state index in [9.17, 15) is 9.90 Å². The Bertz CT molecular complexity index is 638. The van der Waals surface area contributed by atoms with Crippen LogP contribution >= 0.6 is 15.9 Å². The minimum atomic E-state index is -0.714. The number of hydrogen-bond acceptors (Lipinski definition) is 4. The number of carbonyl (C=O) groups is 1. The van der Waals surface area contributed by atoms with E-state index < -0.39 is 12.0 Å². The van der Waals surface area contributed by atoms with E-state index in [-0.39, 0.29) is 12.1 Å². The molecule has 1 saturated heterocycles. The molecule has 2 N–H and O–H groups in total. The molecular weight excluding hydrogens is 324 g/mol. The first-order valence-corrected chi connectivity index (χ1v) is 7.02. The molecule has 0 saturated carbocycles. The molecule has 0 spiro atoms. The van der Waals surface area contributed by atoms with Crippen molar-refractivity contribution in [3.05, 3.63) is 34.9 Å². The van der Waals surface area contributed by atoms with Crippen LogP contribution in [0.5, 0.6) is 0 Å². The maximum Gasteiger partial charge on any atom is 0.231 e. The summed E-state index contributed by atoms with van der Waals surface area (Å²) in [5.41, 5.74) is 1.67. The van der Waals surface area contributed by atoms with Gasteiger partial charge in [-0.25, -0.2) is 4.68 Å². The Labute approximate surface area is 123 Å². The molecule has 3 rings (SSSR count). The van der Waals surface area contributed by atoms with Gasteiger partial charge in [0.2, 0.25) is 5.91 Å². The number of aliphatic hydroxyl groups excluding tert-OH is 1. The summed E-state index contributed by atoms with van der Waals surface area (Å²) in [4.78, 5) is 11.4. The molecule has 0 aliphatic carbocycles. The maximum absolute atomic E-state index is 11.4. The molecule has 1 aromatic heterocycles. The van der Waals surface area contributed by atoms with Crippen molar-refractivity contribution in [2.75, 3.05) is 0 Å². The van der Waals surface area contributed by atoms with Gasteiger partial charge in [0.05, 0.1) is 12.3 Å². The Morgan fingerprint density at radius 1 is 1.40 bits per heavy atom. The zero-order valence-corrected chi connectivity index (χ0v) is 12.3. The summed E-state index contributed by atoms with van der Waals surface area (Å²) in [5, 5.41) is 20.5. The predicted octanol–water partition coefficient (Wildman–Crippen LogP) is 1.33. The van der Waals surface area contributed by atoms with E-state index >= 15 is 0 Å². The number of amides is 1. The first kappa shape index (κ1) is 13.3. The smallest absolute Gasteiger partial charge is 0.231 e. The van der Waals surface area contributed by atoms with E-state index in [4.69, 9.17) is 0 Å². The average Bonchev–Trinajstić information content (AvgIpc) is 2.85. The van der Waals surface area contributed by atoms with Gasteiger partial charge in [0.1, 0.15) is 17.8 Å². The Hall–Kier alpha value is -1.73. The third kappa shape index (κ3) is 2.23. The van der Waals surface area contributed by atoms with E-state index in [1.807, 2.05) is 24.3 Å². The monoisotopic (exact) mass is 336 g/mol. The molecule has 1 aromatic carbocycles. The summed E-state index contributed by atoms with van der Waals surface area (Å²) in [6.45, 7) is 1.60. The standard InChI is InChI=1S/C13H13BrN4O2/c1-7(19)11-12(15-13(11)20)18-6-10(16-17-18)8-2-4-9(14)5-3-8/h2-7,11-12,19H,1H3,(H,15,20)/t7-,11-,12+/m1/s1. The highest BCUT2D eigenvalue weighted by Crippen LogP contribution is 2.29. The summed E-state index contributed by atoms with van der Waals surface area (Å²) >= 11 is 3.38. The summed E-state index contributed by atoms with van der Waals surface area (Å²) < 4.78 is 2.57. The van der Waals surface area contributed by atoms with E-state index in [0.29, 0.717) is 0 Å². The molecular formula is C13H13BrN4O2. The molecule has 1 aliphatic rings. The molecule has 2 aromatic rings. The predicted molar refractivity (Wildman–Crippen MR) is 75.5 cm³/mol. The number of benzene rings is 1. The molecule has 0 bridgehead atoms. The van der Waals surface area contributed by atoms with Crippen LogP contribution in [0.15, 0.2) is 34.9 Å². The van der Waals surface area contributed by atoms with Crippen LogP contribution in [-0.4, -0.2) is 32.1 Å². The van der Waals surface area contributed by atoms with Gasteiger partial charge in [0.15, 0.2) is 0 Å². The van der Waals surface area contributed by atoms with Crippen molar-refractivity contribution in [3.63, 3.8) is 0 Å². The van der Waals surface area contributed by atoms with Crippen LogP contribution < -0.4 is 5.32 Å². The minimum absolute atomic E-state index is 0.161. The number of carbonyl (C=O) groups excluding carboxylic acids is 1. The summed E-state index contributed by atoms with van der Waals surface area (Å²) in [6, 6.07) is 7.73. The topological polar surface area (TPSA) is 80.0 Å². The summed E-state index contributed by atoms with van der Waals surface area (Å²) in [6.07, 6.45) is 0.719. The molecule has 20 heavy (non-hydrogen) atoms. The number of rotatable bonds is 3. The molecule has 0 radical (unpaired) electrons. The van der Waals surface area contributed by atoms with Gasteiger partial charge in [0.25, 0.3) is 0 Å². The summed E-state index contributed by atoms with van der Waals surface area (Å²) in [5.74, 6) is -0.639. The maximum atomic E-state index is 11.4. The van der Waals surface area contributed by atoms with E-state index in [1.54, 1.807) is 17.8 Å². The lowest BCUT2D eigenvalue weighted by atomic mass is 9.92. The van der Waals surface area contributed by atoms with Gasteiger partial charge in [-0.3, -0.25) is 4.79 Å². The number of nitrogens with zero attached hydrogens (tertiary/aromatic N) is 3. The van der Waals surface area contributed by atoms with Crippen LogP contribution in [0.4, 0.5) is 0 Å². The van der Waals surface area contributed by atoms with Crippen molar-refractivity contribution in [1.29, 1.82) is 0 Å². The van der Waals surface area contributed by atoms with Crippen LogP contribution in [0.25, 0.3) is 11.3 Å². The van der Waals surface area contributed by atoms with Crippen molar-refractivity contribution >= 4 is 21.8 Å². The fourth-order valence-corrected chi connectivity index (χ4v) is 2.52. The van der Waals surface area contributed by atoms with Gasteiger partial charge in [-0.15, -0.1) is 5.10 Å². The number of nitrogens with one attached hydrogen (secondary N) is 1. The SMILES string of the molecule is C[C@@H](O)[C@H]1C(=O)N[C@H]1n1cc(-c2ccc(Br)cc2)nn1. The van der Waals surface area contributed by atoms with Crippen LogP contribution in [0, 0.1) is 5.92 Å². The van der Waals surface area contributed by atoms with Crippen LogP contribution in [0.3, 0.4) is 0 Å². The Morgan fingerprint density at radius 3 is 2.70 bits per heavy atom. The molecule has 6 nitrogen and oxygen atoms in total. The fourth-order valence-electron chi connectivity index (χ4n) is 2.26. The number of hydrogen-bond donors (Lipinski definition) is 2. The van der Waals surface area contributed by atoms with Gasteiger partial charge in [-0.1, -0.05) is 33.3 Å². The van der Waals surface area contributed by atoms with E-state index in [2.05, 4.69) is 31.6 Å².